The van der Waals surface area contributed by atoms with Gasteiger partial charge in [-0.2, -0.15) is 0 Å². The Bertz CT molecular complexity index is 1070. The number of aliphatic hydroxyl groups is 1. The van der Waals surface area contributed by atoms with Crippen molar-refractivity contribution in [3.8, 4) is 11.5 Å². The monoisotopic (exact) mass is 396 g/mol. The minimum Gasteiger partial charge on any atom is -0.507 e. The molecule has 29 heavy (non-hydrogen) atoms. The maximum absolute atomic E-state index is 13.0. The average Bonchev–Trinajstić information content (AvgIpc) is 3.16. The van der Waals surface area contributed by atoms with Gasteiger partial charge in [-0.3, -0.25) is 9.59 Å². The molecule has 1 fully saturated rings. The molecule has 0 spiro atoms. The molecule has 2 aromatic rings. The van der Waals surface area contributed by atoms with E-state index in [1.807, 2.05) is 0 Å². The summed E-state index contributed by atoms with van der Waals surface area (Å²) in [6, 6.07) is 6.35. The molecule has 2 aromatic carbocycles. The van der Waals surface area contributed by atoms with Crippen LogP contribution in [0.1, 0.15) is 56.3 Å². The number of rotatable bonds is 1. The Morgan fingerprint density at radius 3 is 2.14 bits per heavy atom. The van der Waals surface area contributed by atoms with E-state index in [1.165, 1.54) is 12.1 Å². The van der Waals surface area contributed by atoms with Gasteiger partial charge in [0.05, 0.1) is 23.3 Å². The number of phenols is 2. The zero-order chi connectivity index (χ0) is 20.5. The van der Waals surface area contributed by atoms with E-state index in [-0.39, 0.29) is 65.2 Å². The Balaban J connectivity index is 1.65. The van der Waals surface area contributed by atoms with Crippen LogP contribution in [0.15, 0.2) is 24.3 Å². The lowest BCUT2D eigenvalue weighted by Crippen LogP contribution is -2.48. The first-order valence-corrected chi connectivity index (χ1v) is 9.59. The molecule has 0 amide bonds. The molecule has 3 atom stereocenters. The van der Waals surface area contributed by atoms with E-state index in [2.05, 4.69) is 0 Å². The van der Waals surface area contributed by atoms with Crippen LogP contribution < -0.4 is 0 Å². The first-order valence-electron chi connectivity index (χ1n) is 9.59. The van der Waals surface area contributed by atoms with E-state index in [1.54, 1.807) is 19.1 Å². The van der Waals surface area contributed by atoms with Crippen LogP contribution in [-0.2, 0) is 22.3 Å². The lowest BCUT2D eigenvalue weighted by Gasteiger charge is -2.38. The third-order valence-corrected chi connectivity index (χ3v) is 6.26. The van der Waals surface area contributed by atoms with Crippen LogP contribution in [0.4, 0.5) is 0 Å². The Kier molecular flexibility index (Phi) is 3.87. The summed E-state index contributed by atoms with van der Waals surface area (Å²) in [4.78, 5) is 26.0. The van der Waals surface area contributed by atoms with Gasteiger partial charge < -0.3 is 24.8 Å². The minimum absolute atomic E-state index is 0.0150. The van der Waals surface area contributed by atoms with Crippen LogP contribution in [0.25, 0.3) is 0 Å². The maximum atomic E-state index is 13.0. The SMILES string of the molecule is CC1OCC(C2(O)CCc3c(O)c4c(c(O)c3C2)C(=O)c2ccccc2C4=O)O1. The lowest BCUT2D eigenvalue weighted by atomic mass is 9.73. The van der Waals surface area contributed by atoms with Crippen molar-refractivity contribution in [1.82, 2.24) is 0 Å². The Labute approximate surface area is 166 Å². The molecule has 2 aliphatic carbocycles. The molecular weight excluding hydrogens is 376 g/mol. The normalized spacial score (nSPS) is 28.1. The van der Waals surface area contributed by atoms with E-state index in [9.17, 15) is 24.9 Å². The molecule has 0 aromatic heterocycles. The predicted molar refractivity (Wildman–Crippen MR) is 100 cm³/mol. The standard InChI is InChI=1S/C22H20O7/c1-10-28-9-15(29-10)22(27)7-6-13-14(8-22)21(26)17-16(20(13)25)18(23)11-4-2-3-5-12(11)19(17)24/h2-5,10,15,25-27H,6-9H2,1H3. The summed E-state index contributed by atoms with van der Waals surface area (Å²) < 4.78 is 11.0. The van der Waals surface area contributed by atoms with Gasteiger partial charge in [-0.15, -0.1) is 0 Å². The molecule has 5 rings (SSSR count). The topological polar surface area (TPSA) is 113 Å². The summed E-state index contributed by atoms with van der Waals surface area (Å²) in [6.45, 7) is 1.96. The number of aromatic hydroxyl groups is 2. The van der Waals surface area contributed by atoms with Crippen molar-refractivity contribution < 1.29 is 34.4 Å². The largest absolute Gasteiger partial charge is 0.507 e. The van der Waals surface area contributed by atoms with Gasteiger partial charge in [0.1, 0.15) is 17.6 Å². The van der Waals surface area contributed by atoms with Gasteiger partial charge in [0.2, 0.25) is 0 Å². The summed E-state index contributed by atoms with van der Waals surface area (Å²) in [6.07, 6.45) is -0.534. The Morgan fingerprint density at radius 1 is 1.00 bits per heavy atom. The van der Waals surface area contributed by atoms with Crippen molar-refractivity contribution in [3.63, 3.8) is 0 Å². The van der Waals surface area contributed by atoms with Gasteiger partial charge >= 0.3 is 0 Å². The molecule has 0 bridgehead atoms. The molecule has 3 aliphatic rings. The number of fused-ring (bicyclic) bond motifs is 3. The molecule has 7 heteroatoms. The number of hydrogen-bond donors (Lipinski definition) is 3. The molecule has 3 unspecified atom stereocenters. The number of carbonyl (C=O) groups is 2. The smallest absolute Gasteiger partial charge is 0.198 e. The number of ether oxygens (including phenoxy) is 2. The molecule has 3 N–H and O–H groups in total. The summed E-state index contributed by atoms with van der Waals surface area (Å²) >= 11 is 0. The summed E-state index contributed by atoms with van der Waals surface area (Å²) in [5.41, 5.74) is -0.618. The van der Waals surface area contributed by atoms with Crippen molar-refractivity contribution in [2.75, 3.05) is 6.61 Å². The van der Waals surface area contributed by atoms with Crippen LogP contribution in [0, 0.1) is 0 Å². The van der Waals surface area contributed by atoms with Crippen LogP contribution in [0.3, 0.4) is 0 Å². The first kappa shape index (κ1) is 18.3. The van der Waals surface area contributed by atoms with Gasteiger partial charge in [-0.1, -0.05) is 24.3 Å². The average molecular weight is 396 g/mol. The molecule has 1 heterocycles. The number of ketones is 2. The van der Waals surface area contributed by atoms with Crippen molar-refractivity contribution in [1.29, 1.82) is 0 Å². The molecular formula is C22H20O7. The van der Waals surface area contributed by atoms with Gasteiger partial charge in [0.25, 0.3) is 0 Å². The lowest BCUT2D eigenvalue weighted by molar-refractivity contribution is -0.117. The van der Waals surface area contributed by atoms with E-state index < -0.39 is 29.6 Å². The highest BCUT2D eigenvalue weighted by Crippen LogP contribution is 2.48. The second kappa shape index (κ2) is 6.13. The fourth-order valence-corrected chi connectivity index (χ4v) is 4.70. The van der Waals surface area contributed by atoms with Crippen LogP contribution >= 0.6 is 0 Å². The molecule has 7 nitrogen and oxygen atoms in total. The third kappa shape index (κ3) is 2.48. The second-order valence-corrected chi connectivity index (χ2v) is 7.91. The van der Waals surface area contributed by atoms with Crippen molar-refractivity contribution >= 4 is 11.6 Å². The van der Waals surface area contributed by atoms with E-state index in [4.69, 9.17) is 9.47 Å². The number of phenolic OH excluding ortho intramolecular Hbond substituents is 2. The van der Waals surface area contributed by atoms with Crippen molar-refractivity contribution in [3.05, 3.63) is 57.6 Å². The maximum Gasteiger partial charge on any atom is 0.198 e. The molecule has 1 aliphatic heterocycles. The Morgan fingerprint density at radius 2 is 1.59 bits per heavy atom. The quantitative estimate of drug-likeness (QED) is 0.538. The van der Waals surface area contributed by atoms with E-state index in [0.717, 1.165) is 0 Å². The van der Waals surface area contributed by atoms with Crippen molar-refractivity contribution in [2.45, 2.75) is 44.2 Å². The molecule has 150 valence electrons. The highest BCUT2D eigenvalue weighted by molar-refractivity contribution is 6.30. The zero-order valence-electron chi connectivity index (χ0n) is 15.8. The van der Waals surface area contributed by atoms with Crippen LogP contribution in [0.5, 0.6) is 11.5 Å². The summed E-state index contributed by atoms with van der Waals surface area (Å²) in [5, 5.41) is 33.0. The predicted octanol–water partition coefficient (Wildman–Crippen LogP) is 1.85. The van der Waals surface area contributed by atoms with Gasteiger partial charge in [0.15, 0.2) is 17.9 Å². The fourth-order valence-electron chi connectivity index (χ4n) is 4.70. The minimum atomic E-state index is -1.31. The summed E-state index contributed by atoms with van der Waals surface area (Å²) in [5.74, 6) is -1.66. The zero-order valence-corrected chi connectivity index (χ0v) is 15.8. The van der Waals surface area contributed by atoms with E-state index >= 15 is 0 Å². The second-order valence-electron chi connectivity index (χ2n) is 7.91. The fraction of sp³-hybridized carbons (Fsp3) is 0.364. The van der Waals surface area contributed by atoms with Gasteiger partial charge in [-0.05, 0) is 19.8 Å². The molecule has 0 radical (unpaired) electrons. The molecule has 0 saturated carbocycles. The Hall–Kier alpha value is -2.74. The van der Waals surface area contributed by atoms with Crippen LogP contribution in [-0.4, -0.2) is 51.5 Å². The summed E-state index contributed by atoms with van der Waals surface area (Å²) in [7, 11) is 0. The first-order chi connectivity index (χ1) is 13.8. The molecule has 1 saturated heterocycles. The highest BCUT2D eigenvalue weighted by Gasteiger charge is 2.47. The van der Waals surface area contributed by atoms with Crippen molar-refractivity contribution in [2.24, 2.45) is 0 Å². The number of benzene rings is 2. The number of hydrogen-bond acceptors (Lipinski definition) is 7. The van der Waals surface area contributed by atoms with Gasteiger partial charge in [0, 0.05) is 28.7 Å². The highest BCUT2D eigenvalue weighted by atomic mass is 16.7. The van der Waals surface area contributed by atoms with Crippen LogP contribution in [0.2, 0.25) is 0 Å². The number of carbonyl (C=O) groups excluding carboxylic acids is 2. The third-order valence-electron chi connectivity index (χ3n) is 6.26. The van der Waals surface area contributed by atoms with E-state index in [0.29, 0.717) is 5.56 Å². The van der Waals surface area contributed by atoms with Gasteiger partial charge in [-0.25, -0.2) is 0 Å².